The quantitative estimate of drug-likeness (QED) is 0.417. The summed E-state index contributed by atoms with van der Waals surface area (Å²) < 4.78 is 0. The smallest absolute Gasteiger partial charge is 0.0343 e. The number of nitrogens with two attached hydrogens (primary N) is 2. The molecule has 0 amide bonds. The van der Waals surface area contributed by atoms with Crippen LogP contribution in [0.1, 0.15) is 39.3 Å². The van der Waals surface area contributed by atoms with Crippen LogP contribution < -0.4 is 11.5 Å². The van der Waals surface area contributed by atoms with Crippen LogP contribution in [0.3, 0.4) is 0 Å². The van der Waals surface area contributed by atoms with E-state index in [-0.39, 0.29) is 5.92 Å². The van der Waals surface area contributed by atoms with Gasteiger partial charge in [-0.25, -0.2) is 0 Å². The predicted molar refractivity (Wildman–Crippen MR) is 122 cm³/mol. The third-order valence-electron chi connectivity index (χ3n) is 5.18. The molecule has 0 aliphatic heterocycles. The highest BCUT2D eigenvalue weighted by atomic mass is 14.6. The van der Waals surface area contributed by atoms with Crippen LogP contribution in [0.2, 0.25) is 0 Å². The Bertz CT molecular complexity index is 977. The Balaban J connectivity index is 1.94. The molecule has 3 aromatic carbocycles. The van der Waals surface area contributed by atoms with Crippen molar-refractivity contribution in [3.8, 4) is 0 Å². The molecule has 0 aliphatic rings. The molecule has 142 valence electrons. The van der Waals surface area contributed by atoms with Crippen molar-refractivity contribution in [3.63, 3.8) is 0 Å². The first-order chi connectivity index (χ1) is 13.5. The Kier molecular flexibility index (Phi) is 6.00. The molecule has 0 aromatic heterocycles. The van der Waals surface area contributed by atoms with Crippen molar-refractivity contribution in [3.05, 3.63) is 112 Å². The van der Waals surface area contributed by atoms with Crippen molar-refractivity contribution in [2.45, 2.75) is 26.7 Å². The summed E-state index contributed by atoms with van der Waals surface area (Å²) in [6, 6.07) is 20.9. The molecule has 0 heterocycles. The van der Waals surface area contributed by atoms with Gasteiger partial charge in [0.05, 0.1) is 0 Å². The van der Waals surface area contributed by atoms with Crippen LogP contribution in [0.15, 0.2) is 78.9 Å². The summed E-state index contributed by atoms with van der Waals surface area (Å²) in [5.41, 5.74) is 20.8. The van der Waals surface area contributed by atoms with E-state index in [9.17, 15) is 0 Å². The second kappa shape index (κ2) is 8.62. The molecular formula is C26H28N2. The number of allylic oxidation sites excluding steroid dienone is 3. The van der Waals surface area contributed by atoms with Gasteiger partial charge in [-0.2, -0.15) is 0 Å². The Labute approximate surface area is 168 Å². The summed E-state index contributed by atoms with van der Waals surface area (Å²) in [6.45, 7) is 6.22. The zero-order valence-corrected chi connectivity index (χ0v) is 16.8. The third-order valence-corrected chi connectivity index (χ3v) is 5.18. The van der Waals surface area contributed by atoms with E-state index >= 15 is 0 Å². The highest BCUT2D eigenvalue weighted by Crippen LogP contribution is 2.30. The van der Waals surface area contributed by atoms with Gasteiger partial charge in [-0.3, -0.25) is 0 Å². The molecule has 0 saturated heterocycles. The Morgan fingerprint density at radius 3 is 1.79 bits per heavy atom. The summed E-state index contributed by atoms with van der Waals surface area (Å²) >= 11 is 0. The highest BCUT2D eigenvalue weighted by molar-refractivity contribution is 5.56. The van der Waals surface area contributed by atoms with Crippen molar-refractivity contribution in [2.24, 2.45) is 0 Å². The normalized spacial score (nSPS) is 11.7. The highest BCUT2D eigenvalue weighted by Gasteiger charge is 2.12. The first kappa shape index (κ1) is 19.5. The van der Waals surface area contributed by atoms with Crippen LogP contribution in [0.25, 0.3) is 6.08 Å². The minimum absolute atomic E-state index is 0.139. The number of rotatable bonds is 5. The van der Waals surface area contributed by atoms with Gasteiger partial charge < -0.3 is 11.5 Å². The average Bonchev–Trinajstić information content (AvgIpc) is 2.68. The standard InChI is InChI=1S/C26H28N2/c1-18-8-4-5-9-21(18)10-6-7-11-24(22-12-14-25(27)19(2)16-22)23-13-15-26(28)20(3)17-23/h4-17,24H,27-28H2,1-3H3/b10-6-,11-7+. The second-order valence-corrected chi connectivity index (χ2v) is 7.31. The maximum Gasteiger partial charge on any atom is 0.0343 e. The van der Waals surface area contributed by atoms with Gasteiger partial charge in [-0.1, -0.05) is 72.8 Å². The van der Waals surface area contributed by atoms with Crippen LogP contribution in [0.4, 0.5) is 11.4 Å². The molecule has 28 heavy (non-hydrogen) atoms. The van der Waals surface area contributed by atoms with Gasteiger partial charge in [-0.15, -0.1) is 0 Å². The van der Waals surface area contributed by atoms with E-state index in [0.29, 0.717) is 0 Å². The topological polar surface area (TPSA) is 52.0 Å². The predicted octanol–water partition coefficient (Wildman–Crippen LogP) is 6.18. The van der Waals surface area contributed by atoms with Gasteiger partial charge in [0.15, 0.2) is 0 Å². The summed E-state index contributed by atoms with van der Waals surface area (Å²) in [7, 11) is 0. The van der Waals surface area contributed by atoms with Crippen molar-refractivity contribution < 1.29 is 0 Å². The molecule has 3 rings (SSSR count). The second-order valence-electron chi connectivity index (χ2n) is 7.31. The number of benzene rings is 3. The molecule has 0 fully saturated rings. The van der Waals surface area contributed by atoms with Crippen LogP contribution >= 0.6 is 0 Å². The zero-order valence-electron chi connectivity index (χ0n) is 16.8. The molecule has 0 unspecified atom stereocenters. The van der Waals surface area contributed by atoms with Gasteiger partial charge in [0.25, 0.3) is 0 Å². The van der Waals surface area contributed by atoms with Crippen LogP contribution in [-0.2, 0) is 0 Å². The van der Waals surface area contributed by atoms with Crippen LogP contribution in [0, 0.1) is 20.8 Å². The number of hydrogen-bond acceptors (Lipinski definition) is 2. The lowest BCUT2D eigenvalue weighted by Gasteiger charge is -2.17. The van der Waals surface area contributed by atoms with E-state index in [1.807, 2.05) is 26.0 Å². The molecule has 0 spiro atoms. The largest absolute Gasteiger partial charge is 0.399 e. The van der Waals surface area contributed by atoms with Gasteiger partial charge in [-0.05, 0) is 66.3 Å². The SMILES string of the molecule is Cc1cc(C(/C=C/C=C\c2ccccc2C)c2ccc(N)c(C)c2)ccc1N. The van der Waals surface area contributed by atoms with Gasteiger partial charge in [0, 0.05) is 17.3 Å². The monoisotopic (exact) mass is 368 g/mol. The van der Waals surface area contributed by atoms with E-state index in [0.717, 1.165) is 22.5 Å². The Hall–Kier alpha value is -3.26. The molecule has 0 atom stereocenters. The molecule has 2 heteroatoms. The minimum Gasteiger partial charge on any atom is -0.399 e. The first-order valence-corrected chi connectivity index (χ1v) is 9.58. The molecule has 0 aliphatic carbocycles. The fraction of sp³-hybridized carbons (Fsp3) is 0.154. The fourth-order valence-electron chi connectivity index (χ4n) is 3.31. The lowest BCUT2D eigenvalue weighted by atomic mass is 9.88. The lowest BCUT2D eigenvalue weighted by molar-refractivity contribution is 1.02. The molecule has 0 saturated carbocycles. The summed E-state index contributed by atoms with van der Waals surface area (Å²) in [5, 5.41) is 0. The van der Waals surface area contributed by atoms with Crippen molar-refractivity contribution >= 4 is 17.5 Å². The summed E-state index contributed by atoms with van der Waals surface area (Å²) in [5.74, 6) is 0.139. The Morgan fingerprint density at radius 2 is 1.25 bits per heavy atom. The number of nitrogen functional groups attached to an aromatic ring is 2. The van der Waals surface area contributed by atoms with Crippen molar-refractivity contribution in [2.75, 3.05) is 11.5 Å². The van der Waals surface area contributed by atoms with Gasteiger partial charge >= 0.3 is 0 Å². The number of aryl methyl sites for hydroxylation is 3. The van der Waals surface area contributed by atoms with Gasteiger partial charge in [0.2, 0.25) is 0 Å². The van der Waals surface area contributed by atoms with E-state index in [4.69, 9.17) is 11.5 Å². The maximum absolute atomic E-state index is 6.03. The van der Waals surface area contributed by atoms with E-state index in [1.54, 1.807) is 0 Å². The maximum atomic E-state index is 6.03. The lowest BCUT2D eigenvalue weighted by Crippen LogP contribution is -2.01. The van der Waals surface area contributed by atoms with Crippen LogP contribution in [-0.4, -0.2) is 0 Å². The number of hydrogen-bond donors (Lipinski definition) is 2. The molecular weight excluding hydrogens is 340 g/mol. The average molecular weight is 369 g/mol. The molecule has 4 N–H and O–H groups in total. The van der Waals surface area contributed by atoms with E-state index in [2.05, 4.69) is 79.8 Å². The van der Waals surface area contributed by atoms with Crippen LogP contribution in [0.5, 0.6) is 0 Å². The first-order valence-electron chi connectivity index (χ1n) is 9.58. The molecule has 2 nitrogen and oxygen atoms in total. The molecule has 0 bridgehead atoms. The molecule has 0 radical (unpaired) electrons. The summed E-state index contributed by atoms with van der Waals surface area (Å²) in [4.78, 5) is 0. The zero-order chi connectivity index (χ0) is 20.1. The van der Waals surface area contributed by atoms with Gasteiger partial charge in [0.1, 0.15) is 0 Å². The van der Waals surface area contributed by atoms with Crippen molar-refractivity contribution in [1.29, 1.82) is 0 Å². The van der Waals surface area contributed by atoms with E-state index in [1.165, 1.54) is 22.3 Å². The Morgan fingerprint density at radius 1 is 0.679 bits per heavy atom. The minimum atomic E-state index is 0.139. The van der Waals surface area contributed by atoms with Crippen molar-refractivity contribution in [1.82, 2.24) is 0 Å². The van der Waals surface area contributed by atoms with E-state index < -0.39 is 0 Å². The third kappa shape index (κ3) is 4.52. The summed E-state index contributed by atoms with van der Waals surface area (Å²) in [6.07, 6.45) is 8.59. The number of anilines is 2. The molecule has 3 aromatic rings. The fourth-order valence-corrected chi connectivity index (χ4v) is 3.31.